The first kappa shape index (κ1) is 22.1. The molecule has 30 heavy (non-hydrogen) atoms. The van der Waals surface area contributed by atoms with Crippen molar-refractivity contribution in [3.8, 4) is 17.6 Å². The number of amides is 1. The number of ether oxygens (including phenoxy) is 2. The largest absolute Gasteiger partial charge is 0.490 e. The average Bonchev–Trinajstić information content (AvgIpc) is 2.74. The molecule has 1 heterocycles. The van der Waals surface area contributed by atoms with Gasteiger partial charge >= 0.3 is 0 Å². The number of benzene rings is 2. The summed E-state index contributed by atoms with van der Waals surface area (Å²) in [6.07, 6.45) is 3.82. The smallest absolute Gasteiger partial charge is 0.262 e. The van der Waals surface area contributed by atoms with Crippen LogP contribution in [-0.4, -0.2) is 37.1 Å². The third-order valence-corrected chi connectivity index (χ3v) is 5.44. The number of hydrogen-bond donors (Lipinski definition) is 1. The summed E-state index contributed by atoms with van der Waals surface area (Å²) in [6.45, 7) is 5.27. The molecule has 1 N–H and O–H groups in total. The molecular formula is C23H26BrN3O3. The Balaban J connectivity index is 1.60. The van der Waals surface area contributed by atoms with Crippen LogP contribution in [0.3, 0.4) is 0 Å². The summed E-state index contributed by atoms with van der Waals surface area (Å²) in [4.78, 5) is 14.9. The van der Waals surface area contributed by atoms with Crippen LogP contribution in [-0.2, 0) is 11.3 Å². The van der Waals surface area contributed by atoms with Crippen molar-refractivity contribution in [2.24, 2.45) is 0 Å². The zero-order chi connectivity index (χ0) is 21.3. The third kappa shape index (κ3) is 6.22. The van der Waals surface area contributed by atoms with Gasteiger partial charge in [-0.3, -0.25) is 9.69 Å². The van der Waals surface area contributed by atoms with Gasteiger partial charge in [-0.1, -0.05) is 18.6 Å². The number of likely N-dealkylation sites (tertiary alicyclic amines) is 1. The summed E-state index contributed by atoms with van der Waals surface area (Å²) in [7, 11) is 0. The first-order valence-corrected chi connectivity index (χ1v) is 11.0. The second-order valence-electron chi connectivity index (χ2n) is 7.20. The molecule has 1 aliphatic heterocycles. The zero-order valence-electron chi connectivity index (χ0n) is 17.1. The Labute approximate surface area is 185 Å². The Hall–Kier alpha value is -2.56. The molecule has 3 rings (SSSR count). The maximum atomic E-state index is 12.4. The second-order valence-corrected chi connectivity index (χ2v) is 8.06. The molecule has 0 unspecified atom stereocenters. The van der Waals surface area contributed by atoms with Gasteiger partial charge in [0.15, 0.2) is 18.1 Å². The van der Waals surface area contributed by atoms with Gasteiger partial charge in [-0.25, -0.2) is 0 Å². The monoisotopic (exact) mass is 471 g/mol. The van der Waals surface area contributed by atoms with Crippen LogP contribution < -0.4 is 14.8 Å². The van der Waals surface area contributed by atoms with Gasteiger partial charge in [-0.2, -0.15) is 5.26 Å². The Bertz CT molecular complexity index is 920. The first-order chi connectivity index (χ1) is 14.6. The fourth-order valence-corrected chi connectivity index (χ4v) is 4.05. The van der Waals surface area contributed by atoms with Crippen molar-refractivity contribution < 1.29 is 14.3 Å². The Kier molecular flexibility index (Phi) is 8.12. The number of halogens is 1. The van der Waals surface area contributed by atoms with Gasteiger partial charge in [-0.15, -0.1) is 0 Å². The second kappa shape index (κ2) is 11.0. The number of anilines is 1. The van der Waals surface area contributed by atoms with Crippen LogP contribution in [0.5, 0.6) is 11.5 Å². The molecule has 6 nitrogen and oxygen atoms in total. The van der Waals surface area contributed by atoms with Crippen LogP contribution in [0.4, 0.5) is 5.69 Å². The molecule has 0 aliphatic carbocycles. The number of carbonyl (C=O) groups is 1. The van der Waals surface area contributed by atoms with Crippen LogP contribution in [0.25, 0.3) is 0 Å². The predicted octanol–water partition coefficient (Wildman–Crippen LogP) is 4.72. The molecule has 0 atom stereocenters. The van der Waals surface area contributed by atoms with Crippen LogP contribution in [0, 0.1) is 11.3 Å². The Morgan fingerprint density at radius 2 is 2.00 bits per heavy atom. The van der Waals surface area contributed by atoms with Crippen LogP contribution in [0.1, 0.15) is 37.3 Å². The number of nitrogens with zero attached hydrogens (tertiary/aromatic N) is 2. The molecule has 7 heteroatoms. The first-order valence-electron chi connectivity index (χ1n) is 10.2. The van der Waals surface area contributed by atoms with E-state index in [1.165, 1.54) is 24.8 Å². The lowest BCUT2D eigenvalue weighted by Gasteiger charge is -2.26. The minimum absolute atomic E-state index is 0.166. The molecule has 158 valence electrons. The van der Waals surface area contributed by atoms with Crippen molar-refractivity contribution in [1.29, 1.82) is 5.26 Å². The van der Waals surface area contributed by atoms with E-state index in [9.17, 15) is 4.79 Å². The molecule has 1 fully saturated rings. The van der Waals surface area contributed by atoms with Gasteiger partial charge in [-0.05, 0) is 72.5 Å². The van der Waals surface area contributed by atoms with Gasteiger partial charge in [0.05, 0.1) is 22.7 Å². The third-order valence-electron chi connectivity index (χ3n) is 4.85. The van der Waals surface area contributed by atoms with Crippen LogP contribution in [0.15, 0.2) is 40.9 Å². The highest BCUT2D eigenvalue weighted by atomic mass is 79.9. The number of carbonyl (C=O) groups excluding carboxylic acids is 1. The molecule has 2 aromatic carbocycles. The van der Waals surface area contributed by atoms with Gasteiger partial charge in [0.2, 0.25) is 0 Å². The highest BCUT2D eigenvalue weighted by Gasteiger charge is 2.15. The van der Waals surface area contributed by atoms with Gasteiger partial charge in [0.25, 0.3) is 5.91 Å². The normalized spacial score (nSPS) is 14.0. The van der Waals surface area contributed by atoms with Crippen molar-refractivity contribution in [2.75, 3.05) is 31.6 Å². The standard InChI is InChI=1S/C23H26BrN3O3/c1-2-29-21-13-18(14-25)12-20(24)23(21)30-16-22(28)26-19-8-6-7-17(11-19)15-27-9-4-3-5-10-27/h6-8,11-13H,2-5,9-10,15-16H2,1H3,(H,26,28). The van der Waals surface area contributed by atoms with Crippen molar-refractivity contribution in [3.05, 3.63) is 52.0 Å². The van der Waals surface area contributed by atoms with Crippen molar-refractivity contribution in [3.63, 3.8) is 0 Å². The van der Waals surface area contributed by atoms with E-state index in [0.29, 0.717) is 28.1 Å². The lowest BCUT2D eigenvalue weighted by Crippen LogP contribution is -2.29. The van der Waals surface area contributed by atoms with E-state index in [2.05, 4.69) is 38.3 Å². The van der Waals surface area contributed by atoms with E-state index >= 15 is 0 Å². The molecule has 0 saturated carbocycles. The number of hydrogen-bond acceptors (Lipinski definition) is 5. The molecule has 0 aromatic heterocycles. The fraction of sp³-hybridized carbons (Fsp3) is 0.391. The number of nitrogens with one attached hydrogen (secondary N) is 1. The topological polar surface area (TPSA) is 74.6 Å². The summed E-state index contributed by atoms with van der Waals surface area (Å²) in [6, 6.07) is 13.2. The minimum Gasteiger partial charge on any atom is -0.490 e. The lowest BCUT2D eigenvalue weighted by molar-refractivity contribution is -0.118. The van der Waals surface area contributed by atoms with E-state index in [-0.39, 0.29) is 12.5 Å². The molecule has 2 aromatic rings. The molecule has 0 radical (unpaired) electrons. The van der Waals surface area contributed by atoms with Crippen molar-refractivity contribution >= 4 is 27.5 Å². The van der Waals surface area contributed by atoms with E-state index in [1.807, 2.05) is 25.1 Å². The van der Waals surface area contributed by atoms with Crippen LogP contribution in [0.2, 0.25) is 0 Å². The van der Waals surface area contributed by atoms with Crippen LogP contribution >= 0.6 is 15.9 Å². The number of piperidine rings is 1. The lowest BCUT2D eigenvalue weighted by atomic mass is 10.1. The summed E-state index contributed by atoms with van der Waals surface area (Å²) in [5, 5.41) is 12.0. The van der Waals surface area contributed by atoms with Gasteiger partial charge in [0, 0.05) is 18.3 Å². The number of rotatable bonds is 8. The molecular weight excluding hydrogens is 446 g/mol. The molecule has 0 spiro atoms. The number of nitriles is 1. The van der Waals surface area contributed by atoms with E-state index < -0.39 is 0 Å². The minimum atomic E-state index is -0.260. The highest BCUT2D eigenvalue weighted by molar-refractivity contribution is 9.10. The maximum Gasteiger partial charge on any atom is 0.262 e. The highest BCUT2D eigenvalue weighted by Crippen LogP contribution is 2.36. The summed E-state index contributed by atoms with van der Waals surface area (Å²) < 4.78 is 11.8. The van der Waals surface area contributed by atoms with Crippen molar-refractivity contribution in [2.45, 2.75) is 32.7 Å². The molecule has 1 amide bonds. The van der Waals surface area contributed by atoms with Gasteiger partial charge in [0.1, 0.15) is 0 Å². The molecule has 0 bridgehead atoms. The summed E-state index contributed by atoms with van der Waals surface area (Å²) >= 11 is 3.39. The van der Waals surface area contributed by atoms with E-state index in [0.717, 1.165) is 25.3 Å². The average molecular weight is 472 g/mol. The Morgan fingerprint density at radius 3 is 2.73 bits per heavy atom. The molecule has 1 saturated heterocycles. The maximum absolute atomic E-state index is 12.4. The van der Waals surface area contributed by atoms with Crippen molar-refractivity contribution in [1.82, 2.24) is 4.90 Å². The predicted molar refractivity (Wildman–Crippen MR) is 120 cm³/mol. The summed E-state index contributed by atoms with van der Waals surface area (Å²) in [5.41, 5.74) is 2.39. The molecule has 1 aliphatic rings. The fourth-order valence-electron chi connectivity index (χ4n) is 3.49. The summed E-state index contributed by atoms with van der Waals surface area (Å²) in [5.74, 6) is 0.577. The zero-order valence-corrected chi connectivity index (χ0v) is 18.7. The quantitative estimate of drug-likeness (QED) is 0.602. The van der Waals surface area contributed by atoms with Gasteiger partial charge < -0.3 is 14.8 Å². The van der Waals surface area contributed by atoms with E-state index in [1.54, 1.807) is 12.1 Å². The Morgan fingerprint density at radius 1 is 1.20 bits per heavy atom. The SMILES string of the molecule is CCOc1cc(C#N)cc(Br)c1OCC(=O)Nc1cccc(CN2CCCCC2)c1. The van der Waals surface area contributed by atoms with E-state index in [4.69, 9.17) is 14.7 Å².